The van der Waals surface area contributed by atoms with Crippen LogP contribution in [0.3, 0.4) is 0 Å². The minimum absolute atomic E-state index is 0.137. The number of amides is 1. The summed E-state index contributed by atoms with van der Waals surface area (Å²) in [5.41, 5.74) is 8.54. The van der Waals surface area contributed by atoms with Gasteiger partial charge in [0, 0.05) is 24.0 Å². The van der Waals surface area contributed by atoms with Crippen molar-refractivity contribution in [1.82, 2.24) is 10.3 Å². The van der Waals surface area contributed by atoms with Gasteiger partial charge >= 0.3 is 0 Å². The van der Waals surface area contributed by atoms with Crippen molar-refractivity contribution in [2.45, 2.75) is 13.5 Å². The Hall–Kier alpha value is -2.64. The third-order valence-corrected chi connectivity index (χ3v) is 3.03. The predicted molar refractivity (Wildman–Crippen MR) is 82.5 cm³/mol. The molecule has 0 aliphatic rings. The molecule has 0 saturated heterocycles. The average Bonchev–Trinajstić information content (AvgIpc) is 2.52. The Labute approximate surface area is 124 Å². The molecule has 4 nitrogen and oxygen atoms in total. The van der Waals surface area contributed by atoms with Crippen LogP contribution in [-0.4, -0.2) is 17.4 Å². The fraction of sp³-hybridized carbons (Fsp3) is 0.176. The van der Waals surface area contributed by atoms with Crippen LogP contribution < -0.4 is 11.1 Å². The van der Waals surface area contributed by atoms with Gasteiger partial charge in [-0.3, -0.25) is 9.78 Å². The number of aromatic nitrogens is 1. The van der Waals surface area contributed by atoms with Crippen LogP contribution in [0, 0.1) is 18.8 Å². The molecule has 21 heavy (non-hydrogen) atoms. The van der Waals surface area contributed by atoms with E-state index < -0.39 is 0 Å². The Morgan fingerprint density at radius 1 is 1.29 bits per heavy atom. The van der Waals surface area contributed by atoms with Gasteiger partial charge in [-0.15, -0.1) is 0 Å². The highest BCUT2D eigenvalue weighted by Gasteiger charge is 2.09. The Morgan fingerprint density at radius 2 is 2.10 bits per heavy atom. The number of rotatable bonds is 3. The van der Waals surface area contributed by atoms with Crippen molar-refractivity contribution in [3.05, 3.63) is 65.0 Å². The minimum Gasteiger partial charge on any atom is -0.348 e. The first-order valence-electron chi connectivity index (χ1n) is 6.69. The van der Waals surface area contributed by atoms with E-state index in [4.69, 9.17) is 5.73 Å². The van der Waals surface area contributed by atoms with Crippen molar-refractivity contribution < 1.29 is 4.79 Å². The predicted octanol–water partition coefficient (Wildman–Crippen LogP) is 1.63. The maximum atomic E-state index is 12.2. The molecular formula is C17H17N3O. The molecule has 3 N–H and O–H groups in total. The van der Waals surface area contributed by atoms with Crippen LogP contribution in [0.1, 0.15) is 27.2 Å². The lowest BCUT2D eigenvalue weighted by Crippen LogP contribution is -2.24. The third kappa shape index (κ3) is 3.91. The summed E-state index contributed by atoms with van der Waals surface area (Å²) in [4.78, 5) is 16.3. The molecule has 2 rings (SSSR count). The van der Waals surface area contributed by atoms with Gasteiger partial charge in [-0.25, -0.2) is 0 Å². The van der Waals surface area contributed by atoms with Gasteiger partial charge in [0.15, 0.2) is 0 Å². The monoisotopic (exact) mass is 279 g/mol. The van der Waals surface area contributed by atoms with Crippen LogP contribution in [0.5, 0.6) is 0 Å². The highest BCUT2D eigenvalue weighted by Crippen LogP contribution is 2.08. The van der Waals surface area contributed by atoms with Crippen molar-refractivity contribution >= 4 is 5.91 Å². The molecule has 0 aliphatic heterocycles. The number of hydrogen-bond acceptors (Lipinski definition) is 3. The number of nitrogens with two attached hydrogens (primary N) is 1. The smallest absolute Gasteiger partial charge is 0.253 e. The molecule has 0 unspecified atom stereocenters. The first kappa shape index (κ1) is 14.8. The molecule has 1 heterocycles. The molecule has 0 saturated carbocycles. The van der Waals surface area contributed by atoms with E-state index in [9.17, 15) is 4.79 Å². The number of carbonyl (C=O) groups excluding carboxylic acids is 1. The van der Waals surface area contributed by atoms with Gasteiger partial charge in [0.25, 0.3) is 5.91 Å². The molecule has 1 amide bonds. The van der Waals surface area contributed by atoms with Crippen LogP contribution in [0.2, 0.25) is 0 Å². The molecule has 1 aromatic heterocycles. The van der Waals surface area contributed by atoms with Crippen molar-refractivity contribution in [1.29, 1.82) is 0 Å². The van der Waals surface area contributed by atoms with Gasteiger partial charge in [0.2, 0.25) is 0 Å². The summed E-state index contributed by atoms with van der Waals surface area (Å²) in [7, 11) is 0. The number of benzene rings is 1. The zero-order chi connectivity index (χ0) is 15.1. The summed E-state index contributed by atoms with van der Waals surface area (Å²) >= 11 is 0. The second-order valence-corrected chi connectivity index (χ2v) is 4.48. The van der Waals surface area contributed by atoms with E-state index in [1.165, 1.54) is 0 Å². The second kappa shape index (κ2) is 7.22. The summed E-state index contributed by atoms with van der Waals surface area (Å²) < 4.78 is 0. The van der Waals surface area contributed by atoms with Crippen molar-refractivity contribution in [2.75, 3.05) is 6.54 Å². The molecule has 0 aliphatic carbocycles. The highest BCUT2D eigenvalue weighted by atomic mass is 16.1. The Balaban J connectivity index is 2.10. The fourth-order valence-electron chi connectivity index (χ4n) is 1.94. The van der Waals surface area contributed by atoms with Crippen molar-refractivity contribution in [3.63, 3.8) is 0 Å². The standard InChI is InChI=1S/C17H17N3O/c1-13-16(9-5-11-19-13)17(21)20-12-15-7-3-2-6-14(15)8-4-10-18/h2-3,5-7,9,11H,10,12,18H2,1H3,(H,20,21). The van der Waals surface area contributed by atoms with E-state index in [0.717, 1.165) is 11.1 Å². The molecule has 0 spiro atoms. The summed E-state index contributed by atoms with van der Waals surface area (Å²) in [5, 5.41) is 2.89. The maximum Gasteiger partial charge on any atom is 0.253 e. The third-order valence-electron chi connectivity index (χ3n) is 3.03. The molecule has 4 heteroatoms. The normalized spacial score (nSPS) is 9.62. The van der Waals surface area contributed by atoms with Crippen LogP contribution in [0.4, 0.5) is 0 Å². The minimum atomic E-state index is -0.137. The number of hydrogen-bond donors (Lipinski definition) is 2. The van der Waals surface area contributed by atoms with Gasteiger partial charge in [0.05, 0.1) is 12.1 Å². The Morgan fingerprint density at radius 3 is 2.86 bits per heavy atom. The SMILES string of the molecule is Cc1ncccc1C(=O)NCc1ccccc1C#CCN. The van der Waals surface area contributed by atoms with Gasteiger partial charge < -0.3 is 11.1 Å². The number of nitrogens with one attached hydrogen (secondary N) is 1. The molecule has 0 radical (unpaired) electrons. The zero-order valence-corrected chi connectivity index (χ0v) is 11.9. The average molecular weight is 279 g/mol. The lowest BCUT2D eigenvalue weighted by atomic mass is 10.1. The molecular weight excluding hydrogens is 262 g/mol. The molecule has 1 aromatic carbocycles. The second-order valence-electron chi connectivity index (χ2n) is 4.48. The summed E-state index contributed by atoms with van der Waals surface area (Å²) in [6.45, 7) is 2.55. The Bertz CT molecular complexity index is 698. The molecule has 2 aromatic rings. The fourth-order valence-corrected chi connectivity index (χ4v) is 1.94. The first-order valence-corrected chi connectivity index (χ1v) is 6.69. The van der Waals surface area contributed by atoms with E-state index >= 15 is 0 Å². The van der Waals surface area contributed by atoms with Gasteiger partial charge in [-0.05, 0) is 30.7 Å². The van der Waals surface area contributed by atoms with Crippen LogP contribution in [0.25, 0.3) is 0 Å². The van der Waals surface area contributed by atoms with Crippen LogP contribution in [-0.2, 0) is 6.54 Å². The first-order chi connectivity index (χ1) is 10.2. The van der Waals surface area contributed by atoms with Crippen LogP contribution in [0.15, 0.2) is 42.6 Å². The van der Waals surface area contributed by atoms with Gasteiger partial charge in [-0.1, -0.05) is 30.0 Å². The van der Waals surface area contributed by atoms with E-state index in [1.54, 1.807) is 18.3 Å². The van der Waals surface area contributed by atoms with E-state index in [-0.39, 0.29) is 5.91 Å². The molecule has 0 bridgehead atoms. The number of carbonyl (C=O) groups is 1. The van der Waals surface area contributed by atoms with Crippen molar-refractivity contribution in [2.24, 2.45) is 5.73 Å². The van der Waals surface area contributed by atoms with E-state index in [0.29, 0.717) is 24.3 Å². The van der Waals surface area contributed by atoms with E-state index in [2.05, 4.69) is 22.1 Å². The van der Waals surface area contributed by atoms with Gasteiger partial charge in [-0.2, -0.15) is 0 Å². The largest absolute Gasteiger partial charge is 0.348 e. The summed E-state index contributed by atoms with van der Waals surface area (Å²) in [6, 6.07) is 11.2. The lowest BCUT2D eigenvalue weighted by molar-refractivity contribution is 0.0950. The van der Waals surface area contributed by atoms with Crippen molar-refractivity contribution in [3.8, 4) is 11.8 Å². The zero-order valence-electron chi connectivity index (χ0n) is 11.9. The lowest BCUT2D eigenvalue weighted by Gasteiger charge is -2.08. The van der Waals surface area contributed by atoms with Gasteiger partial charge in [0.1, 0.15) is 0 Å². The molecule has 0 atom stereocenters. The summed E-state index contributed by atoms with van der Waals surface area (Å²) in [5.74, 6) is 5.70. The number of aryl methyl sites for hydroxylation is 1. The van der Waals surface area contributed by atoms with Crippen LogP contribution >= 0.6 is 0 Å². The maximum absolute atomic E-state index is 12.2. The molecule has 0 fully saturated rings. The number of nitrogens with zero attached hydrogens (tertiary/aromatic N) is 1. The quantitative estimate of drug-likeness (QED) is 0.839. The number of pyridine rings is 1. The van der Waals surface area contributed by atoms with E-state index in [1.807, 2.05) is 31.2 Å². The molecule has 106 valence electrons. The summed E-state index contributed by atoms with van der Waals surface area (Å²) in [6.07, 6.45) is 1.67. The Kier molecular flexibility index (Phi) is 5.08. The highest BCUT2D eigenvalue weighted by molar-refractivity contribution is 5.95. The topological polar surface area (TPSA) is 68.0 Å².